The molecule has 6 nitrogen and oxygen atoms in total. The Balaban J connectivity index is 1.37. The number of hydrogen-bond acceptors (Lipinski definition) is 4. The second-order valence-electron chi connectivity index (χ2n) is 7.42. The summed E-state index contributed by atoms with van der Waals surface area (Å²) in [6, 6.07) is 23.2. The fraction of sp³-hybridized carbons (Fsp3) is 0.208. The molecule has 0 fully saturated rings. The Morgan fingerprint density at radius 2 is 1.68 bits per heavy atom. The van der Waals surface area contributed by atoms with Crippen LogP contribution in [0.5, 0.6) is 5.75 Å². The molecule has 0 unspecified atom stereocenters. The molecule has 4 rings (SSSR count). The summed E-state index contributed by atoms with van der Waals surface area (Å²) in [5, 5.41) is 2.88. The third-order valence-electron chi connectivity index (χ3n) is 5.30. The monoisotopic (exact) mass is 436 g/mol. The van der Waals surface area contributed by atoms with Crippen LogP contribution in [0.4, 0.5) is 5.69 Å². The number of ether oxygens (including phenoxy) is 1. The molecule has 0 radical (unpaired) electrons. The molecule has 1 amide bonds. The van der Waals surface area contributed by atoms with Crippen molar-refractivity contribution in [3.8, 4) is 5.75 Å². The molecule has 3 aromatic carbocycles. The standard InChI is InChI=1S/C24H24N2O4S/c1-18(19-7-3-2-4-8-19)25-24(27)17-30-21-11-13-22(14-12-21)31(28,29)26-16-15-20-9-5-6-10-23(20)26/h2-14,18H,15-17H2,1H3,(H,25,27)/t18-/m0/s1. The Morgan fingerprint density at radius 3 is 2.42 bits per heavy atom. The zero-order chi connectivity index (χ0) is 21.8. The predicted molar refractivity (Wildman–Crippen MR) is 120 cm³/mol. The zero-order valence-corrected chi connectivity index (χ0v) is 18.0. The van der Waals surface area contributed by atoms with Crippen LogP contribution in [0, 0.1) is 0 Å². The van der Waals surface area contributed by atoms with Gasteiger partial charge in [0.2, 0.25) is 0 Å². The van der Waals surface area contributed by atoms with Gasteiger partial charge in [0, 0.05) is 6.54 Å². The van der Waals surface area contributed by atoms with E-state index < -0.39 is 10.0 Å². The van der Waals surface area contributed by atoms with Gasteiger partial charge in [-0.05, 0) is 54.8 Å². The maximum atomic E-state index is 13.1. The minimum atomic E-state index is -3.65. The first-order valence-electron chi connectivity index (χ1n) is 10.1. The zero-order valence-electron chi connectivity index (χ0n) is 17.2. The second-order valence-corrected chi connectivity index (χ2v) is 9.28. The van der Waals surface area contributed by atoms with Crippen LogP contribution in [0.1, 0.15) is 24.1 Å². The first kappa shape index (κ1) is 20.9. The van der Waals surface area contributed by atoms with Crippen LogP contribution < -0.4 is 14.4 Å². The molecule has 0 saturated heterocycles. The summed E-state index contributed by atoms with van der Waals surface area (Å²) in [6.07, 6.45) is 0.702. The number of nitrogens with one attached hydrogen (secondary N) is 1. The van der Waals surface area contributed by atoms with Gasteiger partial charge in [0.25, 0.3) is 15.9 Å². The first-order chi connectivity index (χ1) is 14.9. The molecular formula is C24H24N2O4S. The van der Waals surface area contributed by atoms with E-state index >= 15 is 0 Å². The summed E-state index contributed by atoms with van der Waals surface area (Å²) in [7, 11) is -3.65. The molecule has 1 N–H and O–H groups in total. The van der Waals surface area contributed by atoms with Crippen molar-refractivity contribution in [2.24, 2.45) is 0 Å². The SMILES string of the molecule is C[C@H](NC(=O)COc1ccc(S(=O)(=O)N2CCc3ccccc32)cc1)c1ccccc1. The van der Waals surface area contributed by atoms with E-state index in [0.29, 0.717) is 18.7 Å². The minimum Gasteiger partial charge on any atom is -0.484 e. The Labute approximate surface area is 182 Å². The molecule has 3 aromatic rings. The van der Waals surface area contributed by atoms with Gasteiger partial charge in [-0.1, -0.05) is 48.5 Å². The molecular weight excluding hydrogens is 412 g/mol. The number of benzene rings is 3. The van der Waals surface area contributed by atoms with Crippen molar-refractivity contribution in [2.45, 2.75) is 24.3 Å². The Morgan fingerprint density at radius 1 is 1.00 bits per heavy atom. The number of fused-ring (bicyclic) bond motifs is 1. The lowest BCUT2D eigenvalue weighted by Gasteiger charge is -2.19. The lowest BCUT2D eigenvalue weighted by Crippen LogP contribution is -2.31. The molecule has 0 bridgehead atoms. The summed E-state index contributed by atoms with van der Waals surface area (Å²) in [6.45, 7) is 2.19. The molecule has 160 valence electrons. The van der Waals surface area contributed by atoms with Crippen LogP contribution in [-0.2, 0) is 21.2 Å². The van der Waals surface area contributed by atoms with E-state index in [1.54, 1.807) is 12.1 Å². The molecule has 1 aliphatic rings. The van der Waals surface area contributed by atoms with Crippen molar-refractivity contribution < 1.29 is 17.9 Å². The van der Waals surface area contributed by atoms with Crippen LogP contribution in [-0.4, -0.2) is 27.5 Å². The van der Waals surface area contributed by atoms with Crippen LogP contribution in [0.2, 0.25) is 0 Å². The number of rotatable bonds is 7. The van der Waals surface area contributed by atoms with Gasteiger partial charge in [-0.3, -0.25) is 9.10 Å². The van der Waals surface area contributed by atoms with Gasteiger partial charge < -0.3 is 10.1 Å². The number of sulfonamides is 1. The van der Waals surface area contributed by atoms with Crippen molar-refractivity contribution in [1.29, 1.82) is 0 Å². The average molecular weight is 437 g/mol. The van der Waals surface area contributed by atoms with Gasteiger partial charge in [-0.15, -0.1) is 0 Å². The third-order valence-corrected chi connectivity index (χ3v) is 7.13. The van der Waals surface area contributed by atoms with Crippen molar-refractivity contribution in [1.82, 2.24) is 5.32 Å². The molecule has 7 heteroatoms. The van der Waals surface area contributed by atoms with Crippen molar-refractivity contribution in [2.75, 3.05) is 17.5 Å². The smallest absolute Gasteiger partial charge is 0.264 e. The Hall–Kier alpha value is -3.32. The molecule has 0 saturated carbocycles. The summed E-state index contributed by atoms with van der Waals surface area (Å²) in [4.78, 5) is 12.4. The summed E-state index contributed by atoms with van der Waals surface area (Å²) < 4.78 is 33.1. The third kappa shape index (κ3) is 4.56. The van der Waals surface area contributed by atoms with Crippen molar-refractivity contribution in [3.05, 3.63) is 90.0 Å². The molecule has 31 heavy (non-hydrogen) atoms. The van der Waals surface area contributed by atoms with Gasteiger partial charge in [0.15, 0.2) is 6.61 Å². The van der Waals surface area contributed by atoms with Crippen LogP contribution in [0.15, 0.2) is 83.8 Å². The van der Waals surface area contributed by atoms with Crippen LogP contribution >= 0.6 is 0 Å². The van der Waals surface area contributed by atoms with E-state index in [1.165, 1.54) is 16.4 Å². The first-order valence-corrected chi connectivity index (χ1v) is 11.6. The average Bonchev–Trinajstić information content (AvgIpc) is 3.24. The van der Waals surface area contributed by atoms with Gasteiger partial charge in [-0.25, -0.2) is 8.42 Å². The largest absolute Gasteiger partial charge is 0.484 e. The topological polar surface area (TPSA) is 75.7 Å². The highest BCUT2D eigenvalue weighted by atomic mass is 32.2. The minimum absolute atomic E-state index is 0.131. The van der Waals surface area contributed by atoms with E-state index in [0.717, 1.165) is 16.8 Å². The van der Waals surface area contributed by atoms with Crippen LogP contribution in [0.25, 0.3) is 0 Å². The molecule has 0 aromatic heterocycles. The van der Waals surface area contributed by atoms with Gasteiger partial charge in [-0.2, -0.15) is 0 Å². The maximum absolute atomic E-state index is 13.1. The molecule has 1 heterocycles. The van der Waals surface area contributed by atoms with E-state index in [9.17, 15) is 13.2 Å². The number of anilines is 1. The number of hydrogen-bond donors (Lipinski definition) is 1. The van der Waals surface area contributed by atoms with E-state index in [-0.39, 0.29) is 23.5 Å². The Kier molecular flexibility index (Phi) is 5.95. The fourth-order valence-electron chi connectivity index (χ4n) is 3.65. The molecule has 1 atom stereocenters. The van der Waals surface area contributed by atoms with E-state index in [1.807, 2.05) is 61.5 Å². The predicted octanol–water partition coefficient (Wildman–Crippen LogP) is 3.69. The van der Waals surface area contributed by atoms with E-state index in [4.69, 9.17) is 4.74 Å². The van der Waals surface area contributed by atoms with Gasteiger partial charge >= 0.3 is 0 Å². The number of carbonyl (C=O) groups is 1. The van der Waals surface area contributed by atoms with E-state index in [2.05, 4.69) is 5.32 Å². The molecule has 0 aliphatic carbocycles. The summed E-state index contributed by atoms with van der Waals surface area (Å²) in [5.74, 6) is 0.185. The second kappa shape index (κ2) is 8.81. The lowest BCUT2D eigenvalue weighted by atomic mass is 10.1. The summed E-state index contributed by atoms with van der Waals surface area (Å²) >= 11 is 0. The Bertz CT molecular complexity index is 1160. The number of carbonyl (C=O) groups excluding carboxylic acids is 1. The molecule has 0 spiro atoms. The highest BCUT2D eigenvalue weighted by Crippen LogP contribution is 2.33. The van der Waals surface area contributed by atoms with Gasteiger partial charge in [0.1, 0.15) is 5.75 Å². The number of para-hydroxylation sites is 1. The maximum Gasteiger partial charge on any atom is 0.264 e. The number of amides is 1. The van der Waals surface area contributed by atoms with Gasteiger partial charge in [0.05, 0.1) is 16.6 Å². The van der Waals surface area contributed by atoms with Crippen molar-refractivity contribution in [3.63, 3.8) is 0 Å². The highest BCUT2D eigenvalue weighted by molar-refractivity contribution is 7.92. The van der Waals surface area contributed by atoms with Crippen molar-refractivity contribution >= 4 is 21.6 Å². The normalized spacial score (nSPS) is 14.0. The fourth-order valence-corrected chi connectivity index (χ4v) is 5.15. The summed E-state index contributed by atoms with van der Waals surface area (Å²) in [5.41, 5.74) is 2.77. The number of nitrogens with zero attached hydrogens (tertiary/aromatic N) is 1. The lowest BCUT2D eigenvalue weighted by molar-refractivity contribution is -0.123. The molecule has 1 aliphatic heterocycles. The quantitative estimate of drug-likeness (QED) is 0.613. The highest BCUT2D eigenvalue weighted by Gasteiger charge is 2.30. The van der Waals surface area contributed by atoms with Crippen LogP contribution in [0.3, 0.4) is 0 Å².